The molecule has 1 heterocycles. The van der Waals surface area contributed by atoms with Crippen molar-refractivity contribution in [1.29, 1.82) is 0 Å². The highest BCUT2D eigenvalue weighted by Crippen LogP contribution is 2.28. The van der Waals surface area contributed by atoms with Crippen molar-refractivity contribution in [2.45, 2.75) is 64.1 Å². The minimum absolute atomic E-state index is 0.0453. The number of carbonyl (C=O) groups is 2. The molecule has 42 heavy (non-hydrogen) atoms. The van der Waals surface area contributed by atoms with E-state index in [0.717, 1.165) is 42.6 Å². The molecule has 0 saturated carbocycles. The number of methoxy groups -OCH3 is 1. The lowest BCUT2D eigenvalue weighted by atomic mass is 10.00. The van der Waals surface area contributed by atoms with Crippen molar-refractivity contribution in [2.24, 2.45) is 0 Å². The predicted octanol–water partition coefficient (Wildman–Crippen LogP) is 4.88. The fourth-order valence-corrected chi connectivity index (χ4v) is 5.11. The summed E-state index contributed by atoms with van der Waals surface area (Å²) in [5.41, 5.74) is 3.10. The quantitative estimate of drug-likeness (QED) is 0.211. The average Bonchev–Trinajstić information content (AvgIpc) is 3.45. The molecule has 1 fully saturated rings. The summed E-state index contributed by atoms with van der Waals surface area (Å²) in [7, 11) is 1.63. The molecule has 1 aliphatic heterocycles. The SMILES string of the molecule is CCCCCOc1cc(C(=O)N[C@@H](Cc2ccccc2)[C@@H](O)CNCc2cccc(OC)c2)cc(N2CCCC2=O)c1. The van der Waals surface area contributed by atoms with Crippen LogP contribution in [0.2, 0.25) is 0 Å². The zero-order valence-corrected chi connectivity index (χ0v) is 24.7. The minimum Gasteiger partial charge on any atom is -0.497 e. The van der Waals surface area contributed by atoms with Crippen LogP contribution in [0, 0.1) is 0 Å². The third kappa shape index (κ3) is 9.06. The van der Waals surface area contributed by atoms with E-state index in [1.807, 2.05) is 60.7 Å². The second-order valence-electron chi connectivity index (χ2n) is 10.7. The second kappa shape index (κ2) is 15.9. The van der Waals surface area contributed by atoms with Crippen LogP contribution in [-0.4, -0.2) is 55.9 Å². The first-order valence-corrected chi connectivity index (χ1v) is 14.9. The monoisotopic (exact) mass is 573 g/mol. The molecule has 2 amide bonds. The molecule has 3 aromatic rings. The van der Waals surface area contributed by atoms with Crippen LogP contribution in [0.15, 0.2) is 72.8 Å². The summed E-state index contributed by atoms with van der Waals surface area (Å²) in [4.78, 5) is 27.9. The Morgan fingerprint density at radius 1 is 1.00 bits per heavy atom. The number of unbranched alkanes of at least 4 members (excludes halogenated alkanes) is 2. The number of aliphatic hydroxyl groups excluding tert-OH is 1. The van der Waals surface area contributed by atoms with Gasteiger partial charge in [-0.3, -0.25) is 9.59 Å². The molecule has 0 bridgehead atoms. The zero-order chi connectivity index (χ0) is 29.7. The van der Waals surface area contributed by atoms with E-state index in [1.54, 1.807) is 24.1 Å². The van der Waals surface area contributed by atoms with Gasteiger partial charge in [0.15, 0.2) is 0 Å². The number of aliphatic hydroxyl groups is 1. The van der Waals surface area contributed by atoms with Crippen molar-refractivity contribution in [2.75, 3.05) is 31.7 Å². The molecule has 4 rings (SSSR count). The van der Waals surface area contributed by atoms with Gasteiger partial charge in [0.05, 0.1) is 25.9 Å². The fourth-order valence-electron chi connectivity index (χ4n) is 5.11. The molecule has 8 heteroatoms. The lowest BCUT2D eigenvalue weighted by molar-refractivity contribution is -0.117. The molecule has 0 aromatic heterocycles. The van der Waals surface area contributed by atoms with Gasteiger partial charge in [0.25, 0.3) is 5.91 Å². The number of anilines is 1. The van der Waals surface area contributed by atoms with E-state index < -0.39 is 12.1 Å². The average molecular weight is 574 g/mol. The van der Waals surface area contributed by atoms with Gasteiger partial charge in [-0.15, -0.1) is 0 Å². The summed E-state index contributed by atoms with van der Waals surface area (Å²) < 4.78 is 11.3. The molecule has 0 spiro atoms. The van der Waals surface area contributed by atoms with Gasteiger partial charge >= 0.3 is 0 Å². The van der Waals surface area contributed by atoms with E-state index in [0.29, 0.717) is 49.5 Å². The molecule has 0 unspecified atom stereocenters. The van der Waals surface area contributed by atoms with E-state index in [2.05, 4.69) is 17.6 Å². The highest BCUT2D eigenvalue weighted by atomic mass is 16.5. The molecular weight excluding hydrogens is 530 g/mol. The van der Waals surface area contributed by atoms with E-state index in [1.165, 1.54) is 0 Å². The number of hydrogen-bond donors (Lipinski definition) is 3. The third-order valence-corrected chi connectivity index (χ3v) is 7.45. The van der Waals surface area contributed by atoms with Crippen LogP contribution in [0.4, 0.5) is 5.69 Å². The number of carbonyl (C=O) groups excluding carboxylic acids is 2. The van der Waals surface area contributed by atoms with Gasteiger partial charge in [0.2, 0.25) is 5.91 Å². The second-order valence-corrected chi connectivity index (χ2v) is 10.7. The number of rotatable bonds is 16. The van der Waals surface area contributed by atoms with Crippen molar-refractivity contribution < 1.29 is 24.2 Å². The van der Waals surface area contributed by atoms with Gasteiger partial charge in [0, 0.05) is 43.4 Å². The van der Waals surface area contributed by atoms with Gasteiger partial charge in [-0.25, -0.2) is 0 Å². The smallest absolute Gasteiger partial charge is 0.251 e. The lowest BCUT2D eigenvalue weighted by Crippen LogP contribution is -2.48. The number of ether oxygens (including phenoxy) is 2. The highest BCUT2D eigenvalue weighted by Gasteiger charge is 2.26. The van der Waals surface area contributed by atoms with E-state index >= 15 is 0 Å². The molecule has 3 N–H and O–H groups in total. The van der Waals surface area contributed by atoms with Gasteiger partial charge in [0.1, 0.15) is 11.5 Å². The molecule has 3 aromatic carbocycles. The first-order chi connectivity index (χ1) is 20.5. The predicted molar refractivity (Wildman–Crippen MR) is 165 cm³/mol. The molecule has 2 atom stereocenters. The molecule has 1 aliphatic rings. The van der Waals surface area contributed by atoms with Crippen LogP contribution in [0.25, 0.3) is 0 Å². The van der Waals surface area contributed by atoms with E-state index in [-0.39, 0.29) is 18.4 Å². The van der Waals surface area contributed by atoms with Gasteiger partial charge < -0.3 is 30.1 Å². The van der Waals surface area contributed by atoms with E-state index in [4.69, 9.17) is 9.47 Å². The Morgan fingerprint density at radius 3 is 2.55 bits per heavy atom. The number of nitrogens with zero attached hydrogens (tertiary/aromatic N) is 1. The maximum absolute atomic E-state index is 13.7. The summed E-state index contributed by atoms with van der Waals surface area (Å²) in [6.07, 6.45) is 3.94. The van der Waals surface area contributed by atoms with Crippen LogP contribution in [0.5, 0.6) is 11.5 Å². The zero-order valence-electron chi connectivity index (χ0n) is 24.7. The fraction of sp³-hybridized carbons (Fsp3) is 0.412. The number of amides is 2. The van der Waals surface area contributed by atoms with Crippen LogP contribution in [-0.2, 0) is 17.8 Å². The van der Waals surface area contributed by atoms with Gasteiger partial charge in [-0.2, -0.15) is 0 Å². The number of benzene rings is 3. The minimum atomic E-state index is -0.854. The molecule has 1 saturated heterocycles. The Hall–Kier alpha value is -3.88. The largest absolute Gasteiger partial charge is 0.497 e. The Bertz CT molecular complexity index is 1300. The van der Waals surface area contributed by atoms with E-state index in [9.17, 15) is 14.7 Å². The Labute approximate surface area is 249 Å². The molecular formula is C34H43N3O5. The van der Waals surface area contributed by atoms with Crippen molar-refractivity contribution in [3.8, 4) is 11.5 Å². The maximum Gasteiger partial charge on any atom is 0.251 e. The highest BCUT2D eigenvalue weighted by molar-refractivity contribution is 5.99. The number of hydrogen-bond acceptors (Lipinski definition) is 6. The third-order valence-electron chi connectivity index (χ3n) is 7.45. The van der Waals surface area contributed by atoms with Crippen LogP contribution >= 0.6 is 0 Å². The van der Waals surface area contributed by atoms with Crippen LogP contribution < -0.4 is 25.0 Å². The summed E-state index contributed by atoms with van der Waals surface area (Å²) in [6.45, 7) is 4.12. The maximum atomic E-state index is 13.7. The first-order valence-electron chi connectivity index (χ1n) is 14.9. The normalized spacial score (nSPS) is 14.5. The molecule has 0 aliphatic carbocycles. The Kier molecular flexibility index (Phi) is 11.8. The van der Waals surface area contributed by atoms with Crippen molar-refractivity contribution in [1.82, 2.24) is 10.6 Å². The lowest BCUT2D eigenvalue weighted by Gasteiger charge is -2.25. The van der Waals surface area contributed by atoms with Gasteiger partial charge in [-0.05, 0) is 54.7 Å². The first kappa shape index (κ1) is 31.1. The van der Waals surface area contributed by atoms with Crippen molar-refractivity contribution in [3.63, 3.8) is 0 Å². The number of nitrogens with one attached hydrogen (secondary N) is 2. The van der Waals surface area contributed by atoms with Crippen LogP contribution in [0.3, 0.4) is 0 Å². The summed E-state index contributed by atoms with van der Waals surface area (Å²) >= 11 is 0. The standard InChI is InChI=1S/C34H43N3O5/c1-3-4-8-17-42-30-21-27(20-28(22-30)37-16-10-15-33(37)39)34(40)36-31(19-25-11-6-5-7-12-25)32(38)24-35-23-26-13-9-14-29(18-26)41-2/h5-7,9,11-14,18,20-22,31-32,35,38H,3-4,8,10,15-17,19,23-24H2,1-2H3,(H,36,40)/t31-,32-/m0/s1. The van der Waals surface area contributed by atoms with Crippen molar-refractivity contribution in [3.05, 3.63) is 89.5 Å². The summed E-state index contributed by atoms with van der Waals surface area (Å²) in [5.74, 6) is 1.06. The Balaban J connectivity index is 1.50. The Morgan fingerprint density at radius 2 is 1.81 bits per heavy atom. The van der Waals surface area contributed by atoms with Crippen molar-refractivity contribution >= 4 is 17.5 Å². The molecule has 0 radical (unpaired) electrons. The molecule has 224 valence electrons. The topological polar surface area (TPSA) is 100 Å². The van der Waals surface area contributed by atoms with Gasteiger partial charge in [-0.1, -0.05) is 62.2 Å². The molecule has 8 nitrogen and oxygen atoms in total. The summed E-state index contributed by atoms with van der Waals surface area (Å²) in [6, 6.07) is 22.3. The summed E-state index contributed by atoms with van der Waals surface area (Å²) in [5, 5.41) is 17.6. The van der Waals surface area contributed by atoms with Crippen LogP contribution in [0.1, 0.15) is 60.5 Å².